The first kappa shape index (κ1) is 9.75. The second-order valence-electron chi connectivity index (χ2n) is 5.07. The molecule has 2 nitrogen and oxygen atoms in total. The van der Waals surface area contributed by atoms with Gasteiger partial charge in [0.1, 0.15) is 0 Å². The monoisotopic (exact) mass is 204 g/mol. The number of fused-ring (bicyclic) bond motifs is 2. The number of hydrogen-bond acceptors (Lipinski definition) is 2. The lowest BCUT2D eigenvalue weighted by Gasteiger charge is -2.48. The second kappa shape index (κ2) is 2.62. The molecule has 4 atom stereocenters. The van der Waals surface area contributed by atoms with Crippen molar-refractivity contribution < 1.29 is 9.84 Å². The predicted octanol–water partition coefficient (Wildman–Crippen LogP) is 1.93. The molecular formula is C10H17ClO2. The van der Waals surface area contributed by atoms with Crippen molar-refractivity contribution in [2.75, 3.05) is 0 Å². The van der Waals surface area contributed by atoms with Crippen molar-refractivity contribution in [1.29, 1.82) is 0 Å². The molecule has 0 aromatic heterocycles. The molecule has 0 aromatic rings. The highest BCUT2D eigenvalue weighted by atomic mass is 35.5. The topological polar surface area (TPSA) is 29.5 Å². The third-order valence-electron chi connectivity index (χ3n) is 3.72. The van der Waals surface area contributed by atoms with Crippen molar-refractivity contribution in [1.82, 2.24) is 0 Å². The molecule has 0 radical (unpaired) electrons. The molecule has 2 aliphatic rings. The molecule has 2 bridgehead atoms. The van der Waals surface area contributed by atoms with Gasteiger partial charge in [-0.25, -0.2) is 0 Å². The van der Waals surface area contributed by atoms with Gasteiger partial charge in [-0.15, -0.1) is 11.6 Å². The number of ether oxygens (including phenoxy) is 1. The molecule has 0 unspecified atom stereocenters. The van der Waals surface area contributed by atoms with Gasteiger partial charge < -0.3 is 9.84 Å². The van der Waals surface area contributed by atoms with Crippen LogP contribution in [0.2, 0.25) is 0 Å². The maximum Gasteiger partial charge on any atom is 0.0943 e. The van der Waals surface area contributed by atoms with Gasteiger partial charge in [0.25, 0.3) is 0 Å². The molecule has 3 heteroatoms. The highest BCUT2D eigenvalue weighted by molar-refractivity contribution is 6.24. The molecule has 1 N–H and O–H groups in total. The van der Waals surface area contributed by atoms with E-state index >= 15 is 0 Å². The molecular weight excluding hydrogens is 188 g/mol. The molecule has 0 amide bonds. The molecule has 2 fully saturated rings. The maximum atomic E-state index is 10.1. The van der Waals surface area contributed by atoms with Crippen LogP contribution in [0.3, 0.4) is 0 Å². The van der Waals surface area contributed by atoms with Gasteiger partial charge in [-0.1, -0.05) is 13.8 Å². The van der Waals surface area contributed by atoms with Crippen molar-refractivity contribution in [2.24, 2.45) is 5.41 Å². The average Bonchev–Trinajstić information content (AvgIpc) is 2.48. The van der Waals surface area contributed by atoms with Crippen LogP contribution in [0, 0.1) is 5.41 Å². The Morgan fingerprint density at radius 3 is 2.38 bits per heavy atom. The minimum atomic E-state index is -0.615. The minimum absolute atomic E-state index is 0.0298. The van der Waals surface area contributed by atoms with E-state index < -0.39 is 11.0 Å². The summed E-state index contributed by atoms with van der Waals surface area (Å²) in [6.45, 7) is 5.95. The van der Waals surface area contributed by atoms with Gasteiger partial charge in [0, 0.05) is 5.41 Å². The van der Waals surface area contributed by atoms with Gasteiger partial charge in [0.05, 0.1) is 23.2 Å². The summed E-state index contributed by atoms with van der Waals surface area (Å²) in [6.07, 6.45) is 1.73. The van der Waals surface area contributed by atoms with Crippen molar-refractivity contribution in [3.8, 4) is 0 Å². The van der Waals surface area contributed by atoms with Gasteiger partial charge in [-0.05, 0) is 19.8 Å². The molecule has 76 valence electrons. The average molecular weight is 205 g/mol. The molecule has 13 heavy (non-hydrogen) atoms. The van der Waals surface area contributed by atoms with E-state index in [1.54, 1.807) is 0 Å². The van der Waals surface area contributed by atoms with Gasteiger partial charge in [0.15, 0.2) is 0 Å². The van der Waals surface area contributed by atoms with E-state index in [9.17, 15) is 5.11 Å². The first-order valence-electron chi connectivity index (χ1n) is 4.89. The Kier molecular flexibility index (Phi) is 1.96. The van der Waals surface area contributed by atoms with E-state index in [4.69, 9.17) is 16.3 Å². The molecule has 2 heterocycles. The van der Waals surface area contributed by atoms with Crippen molar-refractivity contribution >= 4 is 11.6 Å². The SMILES string of the molecule is CC1(C)[C@H]2CC[C@H](O2)[C@@](C)(Cl)[C@H]1O. The number of aliphatic hydroxyl groups is 1. The number of aliphatic hydroxyl groups excluding tert-OH is 1. The third kappa shape index (κ3) is 1.15. The summed E-state index contributed by atoms with van der Waals surface area (Å²) in [5.41, 5.74) is -0.219. The van der Waals surface area contributed by atoms with Crippen LogP contribution in [0.5, 0.6) is 0 Å². The summed E-state index contributed by atoms with van der Waals surface area (Å²) in [6, 6.07) is 0. The zero-order valence-electron chi connectivity index (χ0n) is 8.38. The second-order valence-corrected chi connectivity index (χ2v) is 5.88. The largest absolute Gasteiger partial charge is 0.391 e. The molecule has 0 aliphatic carbocycles. The standard InChI is InChI=1S/C10H17ClO2/c1-9(2)6-4-5-7(13-6)10(3,11)8(9)12/h6-8,12H,4-5H2,1-3H3/t6-,7+,8+,10-/m1/s1. The van der Waals surface area contributed by atoms with Gasteiger partial charge in [-0.3, -0.25) is 0 Å². The van der Waals surface area contributed by atoms with Gasteiger partial charge >= 0.3 is 0 Å². The number of hydrogen-bond donors (Lipinski definition) is 1. The molecule has 0 saturated carbocycles. The van der Waals surface area contributed by atoms with E-state index in [1.807, 2.05) is 20.8 Å². The summed E-state index contributed by atoms with van der Waals surface area (Å²) in [5.74, 6) is 0. The molecule has 2 rings (SSSR count). The lowest BCUT2D eigenvalue weighted by atomic mass is 9.74. The fourth-order valence-electron chi connectivity index (χ4n) is 2.68. The fraction of sp³-hybridized carbons (Fsp3) is 1.00. The van der Waals surface area contributed by atoms with E-state index in [2.05, 4.69) is 0 Å². The van der Waals surface area contributed by atoms with Crippen LogP contribution in [0.15, 0.2) is 0 Å². The number of alkyl halides is 1. The quantitative estimate of drug-likeness (QED) is 0.611. The Hall–Kier alpha value is 0.210. The van der Waals surface area contributed by atoms with E-state index in [1.165, 1.54) is 0 Å². The summed E-state index contributed by atoms with van der Waals surface area (Å²) < 4.78 is 5.81. The van der Waals surface area contributed by atoms with Crippen molar-refractivity contribution in [3.63, 3.8) is 0 Å². The van der Waals surface area contributed by atoms with Crippen LogP contribution >= 0.6 is 11.6 Å². The zero-order chi connectivity index (χ0) is 9.85. The lowest BCUT2D eigenvalue weighted by molar-refractivity contribution is -0.158. The van der Waals surface area contributed by atoms with Crippen LogP contribution < -0.4 is 0 Å². The normalized spacial score (nSPS) is 53.8. The molecule has 2 aliphatic heterocycles. The van der Waals surface area contributed by atoms with Crippen LogP contribution in [-0.4, -0.2) is 28.3 Å². The highest BCUT2D eigenvalue weighted by Crippen LogP contribution is 2.51. The first-order valence-corrected chi connectivity index (χ1v) is 5.27. The summed E-state index contributed by atoms with van der Waals surface area (Å²) in [4.78, 5) is -0.615. The van der Waals surface area contributed by atoms with Gasteiger partial charge in [-0.2, -0.15) is 0 Å². The van der Waals surface area contributed by atoms with Crippen LogP contribution in [0.4, 0.5) is 0 Å². The Bertz CT molecular complexity index is 203. The highest BCUT2D eigenvalue weighted by Gasteiger charge is 2.58. The lowest BCUT2D eigenvalue weighted by Crippen LogP contribution is -2.59. The predicted molar refractivity (Wildman–Crippen MR) is 51.9 cm³/mol. The zero-order valence-corrected chi connectivity index (χ0v) is 9.14. The van der Waals surface area contributed by atoms with E-state index in [0.29, 0.717) is 0 Å². The van der Waals surface area contributed by atoms with Crippen LogP contribution in [0.25, 0.3) is 0 Å². The van der Waals surface area contributed by atoms with E-state index in [-0.39, 0.29) is 17.6 Å². The number of halogens is 1. The summed E-state index contributed by atoms with van der Waals surface area (Å²) in [5, 5.41) is 10.1. The Labute approximate surface area is 84.2 Å². The van der Waals surface area contributed by atoms with E-state index in [0.717, 1.165) is 12.8 Å². The van der Waals surface area contributed by atoms with Gasteiger partial charge in [0.2, 0.25) is 0 Å². The summed E-state index contributed by atoms with van der Waals surface area (Å²) in [7, 11) is 0. The Morgan fingerprint density at radius 2 is 1.77 bits per heavy atom. The molecule has 0 spiro atoms. The number of rotatable bonds is 0. The van der Waals surface area contributed by atoms with Crippen molar-refractivity contribution in [2.45, 2.75) is 56.8 Å². The minimum Gasteiger partial charge on any atom is -0.391 e. The van der Waals surface area contributed by atoms with Crippen LogP contribution in [0.1, 0.15) is 33.6 Å². The maximum absolute atomic E-state index is 10.1. The third-order valence-corrected chi connectivity index (χ3v) is 4.17. The summed E-state index contributed by atoms with van der Waals surface area (Å²) >= 11 is 6.32. The fourth-order valence-corrected chi connectivity index (χ4v) is 3.12. The molecule has 2 saturated heterocycles. The van der Waals surface area contributed by atoms with Crippen LogP contribution in [-0.2, 0) is 4.74 Å². The molecule has 0 aromatic carbocycles. The smallest absolute Gasteiger partial charge is 0.0943 e. The Balaban J connectivity index is 2.36. The Morgan fingerprint density at radius 1 is 1.23 bits per heavy atom. The first-order chi connectivity index (χ1) is 5.87. The van der Waals surface area contributed by atoms with Crippen molar-refractivity contribution in [3.05, 3.63) is 0 Å².